The van der Waals surface area contributed by atoms with Crippen LogP contribution in [0.3, 0.4) is 0 Å². The molecule has 0 fully saturated rings. The SMILES string of the molecule is O=C1Nc2ncc3ncccc3c2/C1=C/I. The highest BCUT2D eigenvalue weighted by atomic mass is 127. The van der Waals surface area contributed by atoms with Gasteiger partial charge in [-0.15, -0.1) is 0 Å². The summed E-state index contributed by atoms with van der Waals surface area (Å²) in [5.41, 5.74) is 2.31. The number of carbonyl (C=O) groups is 1. The van der Waals surface area contributed by atoms with E-state index in [4.69, 9.17) is 0 Å². The quantitative estimate of drug-likeness (QED) is 0.598. The Morgan fingerprint density at radius 1 is 1.38 bits per heavy atom. The number of aromatic nitrogens is 2. The molecule has 0 radical (unpaired) electrons. The van der Waals surface area contributed by atoms with E-state index in [1.165, 1.54) is 0 Å². The molecule has 0 saturated heterocycles. The van der Waals surface area contributed by atoms with Crippen LogP contribution in [0.2, 0.25) is 0 Å². The van der Waals surface area contributed by atoms with Gasteiger partial charge in [-0.1, -0.05) is 28.7 Å². The van der Waals surface area contributed by atoms with E-state index in [1.807, 2.05) is 12.1 Å². The molecule has 0 aromatic carbocycles. The first kappa shape index (κ1) is 9.71. The van der Waals surface area contributed by atoms with Gasteiger partial charge in [0.25, 0.3) is 5.91 Å². The number of rotatable bonds is 0. The molecule has 3 rings (SSSR count). The van der Waals surface area contributed by atoms with Gasteiger partial charge >= 0.3 is 0 Å². The number of nitrogens with zero attached hydrogens (tertiary/aromatic N) is 2. The molecule has 0 unspecified atom stereocenters. The summed E-state index contributed by atoms with van der Waals surface area (Å²) >= 11 is 2.06. The Hall–Kier alpha value is -1.50. The van der Waals surface area contributed by atoms with Gasteiger partial charge < -0.3 is 5.32 Å². The van der Waals surface area contributed by atoms with Crippen LogP contribution in [0.1, 0.15) is 5.56 Å². The van der Waals surface area contributed by atoms with E-state index in [2.05, 4.69) is 37.9 Å². The summed E-state index contributed by atoms with van der Waals surface area (Å²) < 4.78 is 1.77. The van der Waals surface area contributed by atoms with Crippen molar-refractivity contribution in [2.75, 3.05) is 5.32 Å². The molecule has 2 aromatic heterocycles. The van der Waals surface area contributed by atoms with Crippen molar-refractivity contribution >= 4 is 50.8 Å². The number of amides is 1. The van der Waals surface area contributed by atoms with Gasteiger partial charge in [-0.05, 0) is 10.1 Å². The Morgan fingerprint density at radius 2 is 2.25 bits per heavy atom. The Balaban J connectivity index is 2.44. The summed E-state index contributed by atoms with van der Waals surface area (Å²) in [7, 11) is 0. The average Bonchev–Trinajstić information content (AvgIpc) is 2.65. The van der Waals surface area contributed by atoms with Gasteiger partial charge in [0, 0.05) is 17.1 Å². The summed E-state index contributed by atoms with van der Waals surface area (Å²) in [4.78, 5) is 20.1. The summed E-state index contributed by atoms with van der Waals surface area (Å²) in [6.45, 7) is 0. The second kappa shape index (κ2) is 3.51. The Bertz CT molecular complexity index is 636. The zero-order valence-corrected chi connectivity index (χ0v) is 10.2. The smallest absolute Gasteiger partial charge is 0.258 e. The lowest BCUT2D eigenvalue weighted by Gasteiger charge is -2.02. The molecule has 0 saturated carbocycles. The summed E-state index contributed by atoms with van der Waals surface area (Å²) in [6, 6.07) is 3.81. The molecule has 2 aromatic rings. The molecule has 5 heteroatoms. The molecule has 1 N–H and O–H groups in total. The van der Waals surface area contributed by atoms with E-state index in [1.54, 1.807) is 16.5 Å². The highest BCUT2D eigenvalue weighted by molar-refractivity contribution is 14.1. The Kier molecular flexibility index (Phi) is 2.13. The molecular formula is C11H6IN3O. The van der Waals surface area contributed by atoms with Crippen LogP contribution in [0.25, 0.3) is 16.5 Å². The number of hydrogen-bond acceptors (Lipinski definition) is 3. The predicted octanol–water partition coefficient (Wildman–Crippen LogP) is 2.36. The molecule has 3 heterocycles. The second-order valence-electron chi connectivity index (χ2n) is 3.39. The topological polar surface area (TPSA) is 54.9 Å². The van der Waals surface area contributed by atoms with Gasteiger partial charge in [0.2, 0.25) is 0 Å². The molecule has 0 aliphatic carbocycles. The first-order valence-corrected chi connectivity index (χ1v) is 5.91. The third-order valence-corrected chi connectivity index (χ3v) is 3.14. The molecule has 78 valence electrons. The van der Waals surface area contributed by atoms with Crippen molar-refractivity contribution < 1.29 is 4.79 Å². The van der Waals surface area contributed by atoms with Gasteiger partial charge in [-0.2, -0.15) is 0 Å². The maximum Gasteiger partial charge on any atom is 0.258 e. The lowest BCUT2D eigenvalue weighted by Crippen LogP contribution is -2.03. The number of pyridine rings is 2. The van der Waals surface area contributed by atoms with E-state index in [9.17, 15) is 4.79 Å². The highest BCUT2D eigenvalue weighted by Crippen LogP contribution is 2.35. The fraction of sp³-hybridized carbons (Fsp3) is 0. The molecule has 4 nitrogen and oxygen atoms in total. The van der Waals surface area contributed by atoms with Gasteiger partial charge in [-0.3, -0.25) is 9.78 Å². The van der Waals surface area contributed by atoms with Gasteiger partial charge in [0.15, 0.2) is 0 Å². The van der Waals surface area contributed by atoms with Crippen LogP contribution in [0, 0.1) is 0 Å². The van der Waals surface area contributed by atoms with Crippen molar-refractivity contribution in [2.45, 2.75) is 0 Å². The maximum absolute atomic E-state index is 11.7. The number of halogens is 1. The molecule has 1 aliphatic heterocycles. The Labute approximate surface area is 105 Å². The summed E-state index contributed by atoms with van der Waals surface area (Å²) in [6.07, 6.45) is 3.39. The molecule has 1 amide bonds. The van der Waals surface area contributed by atoms with E-state index in [-0.39, 0.29) is 5.91 Å². The average molecular weight is 323 g/mol. The fourth-order valence-electron chi connectivity index (χ4n) is 1.81. The minimum Gasteiger partial charge on any atom is -0.306 e. The summed E-state index contributed by atoms with van der Waals surface area (Å²) in [5, 5.41) is 3.69. The van der Waals surface area contributed by atoms with Crippen LogP contribution >= 0.6 is 22.6 Å². The molecule has 1 aliphatic rings. The van der Waals surface area contributed by atoms with E-state index >= 15 is 0 Å². The monoisotopic (exact) mass is 323 g/mol. The number of hydrogen-bond donors (Lipinski definition) is 1. The molecule has 0 spiro atoms. The van der Waals surface area contributed by atoms with Crippen LogP contribution in [0.5, 0.6) is 0 Å². The number of anilines is 1. The molecule has 16 heavy (non-hydrogen) atoms. The zero-order valence-electron chi connectivity index (χ0n) is 8.07. The van der Waals surface area contributed by atoms with Crippen LogP contribution in [-0.4, -0.2) is 15.9 Å². The standard InChI is InChI=1S/C11H6IN3O/c12-4-7-9-6-2-1-3-13-8(6)5-14-10(9)15-11(7)16/h1-5H,(H,14,15,16)/b7-4-. The number of nitrogens with one attached hydrogen (secondary N) is 1. The number of fused-ring (bicyclic) bond motifs is 3. The number of carbonyl (C=O) groups excluding carboxylic acids is 1. The third kappa shape index (κ3) is 1.24. The van der Waals surface area contributed by atoms with Crippen molar-refractivity contribution in [3.8, 4) is 0 Å². The van der Waals surface area contributed by atoms with E-state index in [0.717, 1.165) is 16.5 Å². The summed E-state index contributed by atoms with van der Waals surface area (Å²) in [5.74, 6) is 0.515. The predicted molar refractivity (Wildman–Crippen MR) is 70.2 cm³/mol. The lowest BCUT2D eigenvalue weighted by atomic mass is 10.1. The minimum absolute atomic E-state index is 0.103. The maximum atomic E-state index is 11.7. The van der Waals surface area contributed by atoms with Crippen molar-refractivity contribution in [3.63, 3.8) is 0 Å². The first-order valence-electron chi connectivity index (χ1n) is 4.67. The Morgan fingerprint density at radius 3 is 3.06 bits per heavy atom. The molecular weight excluding hydrogens is 317 g/mol. The zero-order chi connectivity index (χ0) is 11.1. The van der Waals surface area contributed by atoms with E-state index in [0.29, 0.717) is 11.4 Å². The van der Waals surface area contributed by atoms with E-state index < -0.39 is 0 Å². The van der Waals surface area contributed by atoms with Crippen molar-refractivity contribution in [1.82, 2.24) is 9.97 Å². The normalized spacial score (nSPS) is 16.6. The largest absolute Gasteiger partial charge is 0.306 e. The van der Waals surface area contributed by atoms with Gasteiger partial charge in [0.05, 0.1) is 17.3 Å². The van der Waals surface area contributed by atoms with Crippen LogP contribution < -0.4 is 5.32 Å². The fourth-order valence-corrected chi connectivity index (χ4v) is 2.40. The third-order valence-electron chi connectivity index (χ3n) is 2.52. The van der Waals surface area contributed by atoms with Crippen molar-refractivity contribution in [2.24, 2.45) is 0 Å². The van der Waals surface area contributed by atoms with Gasteiger partial charge in [0.1, 0.15) is 5.82 Å². The van der Waals surface area contributed by atoms with Gasteiger partial charge in [-0.25, -0.2) is 4.98 Å². The van der Waals surface area contributed by atoms with Crippen molar-refractivity contribution in [1.29, 1.82) is 0 Å². The minimum atomic E-state index is -0.103. The first-order chi connectivity index (χ1) is 7.81. The van der Waals surface area contributed by atoms with Crippen LogP contribution in [0.15, 0.2) is 28.6 Å². The lowest BCUT2D eigenvalue weighted by molar-refractivity contribution is -0.110. The van der Waals surface area contributed by atoms with Crippen LogP contribution in [-0.2, 0) is 4.79 Å². The molecule has 0 bridgehead atoms. The van der Waals surface area contributed by atoms with Crippen LogP contribution in [0.4, 0.5) is 5.82 Å². The molecule has 0 atom stereocenters. The van der Waals surface area contributed by atoms with Crippen molar-refractivity contribution in [3.05, 3.63) is 34.2 Å². The second-order valence-corrected chi connectivity index (χ2v) is 4.02. The highest BCUT2D eigenvalue weighted by Gasteiger charge is 2.27.